The maximum absolute atomic E-state index is 11.0. The van der Waals surface area contributed by atoms with Crippen molar-refractivity contribution in [2.24, 2.45) is 0 Å². The van der Waals surface area contributed by atoms with Gasteiger partial charge in [-0.1, -0.05) is 6.07 Å². The molecular formula is C8H8NO. The number of rotatable bonds is 1. The molecule has 2 rings (SSSR count). The van der Waals surface area contributed by atoms with E-state index >= 15 is 0 Å². The zero-order valence-electron chi connectivity index (χ0n) is 5.58. The van der Waals surface area contributed by atoms with Crippen molar-refractivity contribution in [1.82, 2.24) is 4.98 Å². The summed E-state index contributed by atoms with van der Waals surface area (Å²) in [5.74, 6) is 0.492. The van der Waals surface area contributed by atoms with E-state index in [0.717, 1.165) is 5.56 Å². The second-order valence-electron chi connectivity index (χ2n) is 2.67. The zero-order valence-corrected chi connectivity index (χ0v) is 5.58. The van der Waals surface area contributed by atoms with Crippen molar-refractivity contribution in [2.45, 2.75) is 18.8 Å². The predicted octanol–water partition coefficient (Wildman–Crippen LogP) is 2.10. The van der Waals surface area contributed by atoms with E-state index in [1.165, 1.54) is 12.8 Å². The molecule has 1 saturated carbocycles. The maximum atomic E-state index is 11.0. The molecule has 1 fully saturated rings. The van der Waals surface area contributed by atoms with Crippen LogP contribution in [0.1, 0.15) is 24.3 Å². The highest BCUT2D eigenvalue weighted by molar-refractivity contribution is 5.30. The summed E-state index contributed by atoms with van der Waals surface area (Å²) >= 11 is 0. The fourth-order valence-corrected chi connectivity index (χ4v) is 1.11. The van der Waals surface area contributed by atoms with Crippen LogP contribution in [-0.4, -0.2) is 4.98 Å². The molecular weight excluding hydrogens is 126 g/mol. The first-order valence-corrected chi connectivity index (χ1v) is 3.50. The minimum Gasteiger partial charge on any atom is -0.267 e. The van der Waals surface area contributed by atoms with E-state index in [2.05, 4.69) is 4.98 Å². The fourth-order valence-electron chi connectivity index (χ4n) is 1.11. The van der Waals surface area contributed by atoms with Gasteiger partial charge in [-0.2, -0.15) is 0 Å². The average molecular weight is 134 g/mol. The van der Waals surface area contributed by atoms with Crippen molar-refractivity contribution in [3.63, 3.8) is 0 Å². The first-order valence-electron chi connectivity index (χ1n) is 3.50. The molecule has 1 radical (unpaired) electrons. The third kappa shape index (κ3) is 0.856. The van der Waals surface area contributed by atoms with E-state index in [1.54, 1.807) is 6.20 Å². The van der Waals surface area contributed by atoms with E-state index in [1.807, 2.05) is 12.1 Å². The van der Waals surface area contributed by atoms with Gasteiger partial charge >= 0.3 is 0 Å². The molecule has 2 nitrogen and oxygen atoms in total. The Kier molecular flexibility index (Phi) is 1.13. The van der Waals surface area contributed by atoms with Crippen molar-refractivity contribution in [1.29, 1.82) is 0 Å². The van der Waals surface area contributed by atoms with Crippen LogP contribution in [0.4, 0.5) is 0 Å². The molecule has 0 unspecified atom stereocenters. The number of nitrogens with zero attached hydrogens (tertiary/aromatic N) is 1. The SMILES string of the molecule is [O]c1ncccc1C1CC1. The number of aromatic nitrogens is 1. The van der Waals surface area contributed by atoms with Gasteiger partial charge in [-0.25, -0.2) is 4.98 Å². The first-order chi connectivity index (χ1) is 4.88. The van der Waals surface area contributed by atoms with E-state index in [4.69, 9.17) is 0 Å². The Morgan fingerprint density at radius 1 is 1.50 bits per heavy atom. The van der Waals surface area contributed by atoms with Gasteiger partial charge in [0.2, 0.25) is 0 Å². The molecule has 1 heterocycles. The number of pyridine rings is 1. The smallest absolute Gasteiger partial charge is 0.267 e. The highest BCUT2D eigenvalue weighted by Gasteiger charge is 2.26. The van der Waals surface area contributed by atoms with Gasteiger partial charge in [0.05, 0.1) is 0 Å². The van der Waals surface area contributed by atoms with Gasteiger partial charge in [0, 0.05) is 11.8 Å². The quantitative estimate of drug-likeness (QED) is 0.578. The van der Waals surface area contributed by atoms with E-state index in [9.17, 15) is 5.11 Å². The Balaban J connectivity index is 2.39. The summed E-state index contributed by atoms with van der Waals surface area (Å²) in [6, 6.07) is 3.71. The summed E-state index contributed by atoms with van der Waals surface area (Å²) in [5.41, 5.74) is 0.905. The lowest BCUT2D eigenvalue weighted by Crippen LogP contribution is -1.80. The summed E-state index contributed by atoms with van der Waals surface area (Å²) in [5, 5.41) is 11.0. The highest BCUT2D eigenvalue weighted by atomic mass is 16.3. The van der Waals surface area contributed by atoms with E-state index in [0.29, 0.717) is 5.92 Å². The van der Waals surface area contributed by atoms with Crippen LogP contribution in [-0.2, 0) is 5.11 Å². The molecule has 0 spiro atoms. The van der Waals surface area contributed by atoms with Gasteiger partial charge in [0.25, 0.3) is 5.88 Å². The number of hydrogen-bond acceptors (Lipinski definition) is 1. The van der Waals surface area contributed by atoms with Crippen LogP contribution in [0.3, 0.4) is 0 Å². The summed E-state index contributed by atoms with van der Waals surface area (Å²) in [6.45, 7) is 0. The fraction of sp³-hybridized carbons (Fsp3) is 0.375. The van der Waals surface area contributed by atoms with Crippen molar-refractivity contribution >= 4 is 0 Å². The molecule has 0 saturated heterocycles. The maximum Gasteiger partial charge on any atom is 0.273 e. The molecule has 1 aliphatic carbocycles. The first kappa shape index (κ1) is 5.71. The van der Waals surface area contributed by atoms with E-state index in [-0.39, 0.29) is 5.88 Å². The van der Waals surface area contributed by atoms with Crippen LogP contribution < -0.4 is 0 Å². The Morgan fingerprint density at radius 2 is 2.30 bits per heavy atom. The van der Waals surface area contributed by atoms with Crippen molar-refractivity contribution < 1.29 is 5.11 Å². The molecule has 1 aromatic heterocycles. The molecule has 10 heavy (non-hydrogen) atoms. The van der Waals surface area contributed by atoms with Crippen molar-refractivity contribution in [3.05, 3.63) is 23.9 Å². The van der Waals surface area contributed by atoms with Gasteiger partial charge in [0.1, 0.15) is 0 Å². The largest absolute Gasteiger partial charge is 0.273 e. The van der Waals surface area contributed by atoms with Gasteiger partial charge in [-0.05, 0) is 24.8 Å². The van der Waals surface area contributed by atoms with Crippen LogP contribution >= 0.6 is 0 Å². The lowest BCUT2D eigenvalue weighted by molar-refractivity contribution is 0.332. The summed E-state index contributed by atoms with van der Waals surface area (Å²) < 4.78 is 0. The number of hydrogen-bond donors (Lipinski definition) is 0. The van der Waals surface area contributed by atoms with Crippen LogP contribution in [0.5, 0.6) is 5.88 Å². The molecule has 0 aliphatic heterocycles. The summed E-state index contributed by atoms with van der Waals surface area (Å²) in [4.78, 5) is 3.68. The topological polar surface area (TPSA) is 32.8 Å². The molecule has 1 aromatic rings. The second-order valence-corrected chi connectivity index (χ2v) is 2.67. The minimum atomic E-state index is -0.0370. The van der Waals surface area contributed by atoms with Crippen LogP contribution in [0, 0.1) is 0 Å². The van der Waals surface area contributed by atoms with Gasteiger partial charge in [0.15, 0.2) is 0 Å². The molecule has 1 aliphatic rings. The molecule has 2 heteroatoms. The molecule has 51 valence electrons. The Bertz CT molecular complexity index is 243. The summed E-state index contributed by atoms with van der Waals surface area (Å²) in [6.07, 6.45) is 3.88. The van der Waals surface area contributed by atoms with Gasteiger partial charge in [-0.15, -0.1) is 0 Å². The molecule has 0 bridgehead atoms. The molecule has 0 atom stereocenters. The standard InChI is InChI=1S/C8H8NO/c10-8-7(6-3-4-6)2-1-5-9-8/h1-2,5-6H,3-4H2. The average Bonchev–Trinajstić information content (AvgIpc) is 2.71. The highest BCUT2D eigenvalue weighted by Crippen LogP contribution is 2.42. The Morgan fingerprint density at radius 3 is 2.90 bits per heavy atom. The van der Waals surface area contributed by atoms with Crippen molar-refractivity contribution in [3.8, 4) is 5.88 Å². The third-order valence-corrected chi connectivity index (χ3v) is 1.82. The Hall–Kier alpha value is -1.05. The lowest BCUT2D eigenvalue weighted by atomic mass is 10.2. The normalized spacial score (nSPS) is 17.2. The molecule has 0 amide bonds. The monoisotopic (exact) mass is 134 g/mol. The Labute approximate surface area is 59.5 Å². The summed E-state index contributed by atoms with van der Waals surface area (Å²) in [7, 11) is 0. The minimum absolute atomic E-state index is 0.0370. The van der Waals surface area contributed by atoms with Crippen LogP contribution in [0.15, 0.2) is 18.3 Å². The van der Waals surface area contributed by atoms with Crippen LogP contribution in [0.2, 0.25) is 0 Å². The van der Waals surface area contributed by atoms with Gasteiger partial charge in [-0.3, -0.25) is 5.11 Å². The lowest BCUT2D eigenvalue weighted by Gasteiger charge is -1.94. The third-order valence-electron chi connectivity index (χ3n) is 1.82. The van der Waals surface area contributed by atoms with E-state index < -0.39 is 0 Å². The molecule has 0 aromatic carbocycles. The van der Waals surface area contributed by atoms with Gasteiger partial charge < -0.3 is 0 Å². The zero-order chi connectivity index (χ0) is 6.97. The predicted molar refractivity (Wildman–Crippen MR) is 36.3 cm³/mol. The second kappa shape index (κ2) is 1.97. The van der Waals surface area contributed by atoms with Crippen LogP contribution in [0.25, 0.3) is 0 Å². The molecule has 0 N–H and O–H groups in total. The van der Waals surface area contributed by atoms with Crippen molar-refractivity contribution in [2.75, 3.05) is 0 Å².